The maximum absolute atomic E-state index is 12.6. The Hall–Kier alpha value is -1.51. The molecule has 1 saturated carbocycles. The molecule has 0 bridgehead atoms. The molecule has 1 aliphatic rings. The van der Waals surface area contributed by atoms with Gasteiger partial charge in [-0.2, -0.15) is 0 Å². The van der Waals surface area contributed by atoms with Crippen molar-refractivity contribution in [1.82, 2.24) is 0 Å². The summed E-state index contributed by atoms with van der Waals surface area (Å²) in [6.07, 6.45) is 1.48. The van der Waals surface area contributed by atoms with Crippen molar-refractivity contribution >= 4 is 11.6 Å². The molecule has 0 radical (unpaired) electrons. The lowest BCUT2D eigenvalue weighted by atomic mass is 9.96. The number of rotatable bonds is 2. The Kier molecular flexibility index (Phi) is 2.62. The topological polar surface area (TPSA) is 34.1 Å². The second kappa shape index (κ2) is 3.93. The van der Waals surface area contributed by atoms with Gasteiger partial charge in [-0.15, -0.1) is 0 Å². The van der Waals surface area contributed by atoms with Crippen LogP contribution in [0.5, 0.6) is 0 Å². The van der Waals surface area contributed by atoms with Crippen molar-refractivity contribution in [3.05, 3.63) is 35.6 Å². The summed E-state index contributed by atoms with van der Waals surface area (Å²) in [6, 6.07) is 5.48. The van der Waals surface area contributed by atoms with Gasteiger partial charge in [0.05, 0.1) is 0 Å². The lowest BCUT2D eigenvalue weighted by Crippen LogP contribution is -2.11. The number of halogens is 1. The summed E-state index contributed by atoms with van der Waals surface area (Å²) in [5.74, 6) is -0.437. The van der Waals surface area contributed by atoms with Gasteiger partial charge in [0, 0.05) is 24.3 Å². The van der Waals surface area contributed by atoms with Crippen LogP contribution in [0.4, 0.5) is 4.39 Å². The van der Waals surface area contributed by atoms with Crippen molar-refractivity contribution in [3.8, 4) is 0 Å². The lowest BCUT2D eigenvalue weighted by Gasteiger charge is -2.06. The summed E-state index contributed by atoms with van der Waals surface area (Å²) in [7, 11) is 0. The molecule has 3 heteroatoms. The predicted molar refractivity (Wildman–Crippen MR) is 53.1 cm³/mol. The number of Topliss-reactive ketones (excluding diaryl/α,β-unsaturated/α-hetero) is 2. The van der Waals surface area contributed by atoms with Crippen molar-refractivity contribution in [3.63, 3.8) is 0 Å². The third-order valence-electron chi connectivity index (χ3n) is 2.75. The van der Waals surface area contributed by atoms with Crippen LogP contribution in [0, 0.1) is 11.7 Å². The quantitative estimate of drug-likeness (QED) is 0.696. The van der Waals surface area contributed by atoms with Crippen LogP contribution in [-0.4, -0.2) is 11.6 Å². The Labute approximate surface area is 87.1 Å². The SMILES string of the molecule is O=C1CCC(C(=O)c2ccc(F)cc2)C1. The van der Waals surface area contributed by atoms with Crippen molar-refractivity contribution in [2.45, 2.75) is 19.3 Å². The van der Waals surface area contributed by atoms with Gasteiger partial charge in [0.2, 0.25) is 0 Å². The molecule has 1 aromatic rings. The highest BCUT2D eigenvalue weighted by molar-refractivity contribution is 6.01. The van der Waals surface area contributed by atoms with Crippen LogP contribution < -0.4 is 0 Å². The zero-order valence-corrected chi connectivity index (χ0v) is 8.20. The largest absolute Gasteiger partial charge is 0.300 e. The molecule has 1 unspecified atom stereocenters. The molecule has 2 rings (SSSR count). The van der Waals surface area contributed by atoms with E-state index in [0.717, 1.165) is 0 Å². The van der Waals surface area contributed by atoms with Gasteiger partial charge >= 0.3 is 0 Å². The monoisotopic (exact) mass is 206 g/mol. The average molecular weight is 206 g/mol. The minimum absolute atomic E-state index is 0.0409. The fourth-order valence-corrected chi connectivity index (χ4v) is 1.89. The zero-order valence-electron chi connectivity index (χ0n) is 8.20. The van der Waals surface area contributed by atoms with E-state index in [0.29, 0.717) is 24.8 Å². The molecule has 0 aromatic heterocycles. The molecule has 0 heterocycles. The first kappa shape index (κ1) is 10.0. The summed E-state index contributed by atoms with van der Waals surface area (Å²) in [6.45, 7) is 0. The number of ketones is 2. The molecular weight excluding hydrogens is 195 g/mol. The van der Waals surface area contributed by atoms with E-state index in [1.807, 2.05) is 0 Å². The number of hydrogen-bond donors (Lipinski definition) is 0. The highest BCUT2D eigenvalue weighted by atomic mass is 19.1. The molecule has 0 aliphatic heterocycles. The van der Waals surface area contributed by atoms with Crippen LogP contribution >= 0.6 is 0 Å². The van der Waals surface area contributed by atoms with Gasteiger partial charge in [-0.3, -0.25) is 9.59 Å². The van der Waals surface area contributed by atoms with E-state index in [1.165, 1.54) is 24.3 Å². The maximum atomic E-state index is 12.6. The third kappa shape index (κ3) is 2.12. The number of hydrogen-bond acceptors (Lipinski definition) is 2. The fourth-order valence-electron chi connectivity index (χ4n) is 1.89. The Morgan fingerprint density at radius 1 is 1.27 bits per heavy atom. The van der Waals surface area contributed by atoms with E-state index < -0.39 is 0 Å². The van der Waals surface area contributed by atoms with E-state index in [4.69, 9.17) is 0 Å². The van der Waals surface area contributed by atoms with Crippen molar-refractivity contribution < 1.29 is 14.0 Å². The van der Waals surface area contributed by atoms with Gasteiger partial charge in [-0.1, -0.05) is 0 Å². The second-order valence-electron chi connectivity index (χ2n) is 3.85. The third-order valence-corrected chi connectivity index (χ3v) is 2.75. The normalized spacial score (nSPS) is 20.6. The van der Waals surface area contributed by atoms with Crippen molar-refractivity contribution in [2.75, 3.05) is 0 Å². The number of carbonyl (C=O) groups excluding carboxylic acids is 2. The van der Waals surface area contributed by atoms with Crippen LogP contribution in [0.1, 0.15) is 29.6 Å². The molecule has 1 atom stereocenters. The highest BCUT2D eigenvalue weighted by Crippen LogP contribution is 2.25. The van der Waals surface area contributed by atoms with Crippen LogP contribution in [0.2, 0.25) is 0 Å². The van der Waals surface area contributed by atoms with Crippen LogP contribution in [0.25, 0.3) is 0 Å². The van der Waals surface area contributed by atoms with E-state index in [2.05, 4.69) is 0 Å². The first-order chi connectivity index (χ1) is 7.16. The predicted octanol–water partition coefficient (Wildman–Crippen LogP) is 2.38. The molecule has 1 aliphatic carbocycles. The second-order valence-corrected chi connectivity index (χ2v) is 3.85. The summed E-state index contributed by atoms with van der Waals surface area (Å²) < 4.78 is 12.6. The van der Waals surface area contributed by atoms with Gasteiger partial charge in [0.15, 0.2) is 5.78 Å². The Bertz CT molecular complexity index is 395. The maximum Gasteiger partial charge on any atom is 0.166 e. The molecule has 0 N–H and O–H groups in total. The first-order valence-corrected chi connectivity index (χ1v) is 4.98. The van der Waals surface area contributed by atoms with Gasteiger partial charge in [0.25, 0.3) is 0 Å². The fraction of sp³-hybridized carbons (Fsp3) is 0.333. The summed E-state index contributed by atoms with van der Waals surface area (Å²) in [4.78, 5) is 22.9. The van der Waals surface area contributed by atoms with Gasteiger partial charge in [0.1, 0.15) is 11.6 Å². The first-order valence-electron chi connectivity index (χ1n) is 4.98. The summed E-state index contributed by atoms with van der Waals surface area (Å²) in [5.41, 5.74) is 0.496. The van der Waals surface area contributed by atoms with Gasteiger partial charge < -0.3 is 0 Å². The molecule has 15 heavy (non-hydrogen) atoms. The molecule has 78 valence electrons. The van der Waals surface area contributed by atoms with Crippen LogP contribution in [0.3, 0.4) is 0 Å². The average Bonchev–Trinajstić information content (AvgIpc) is 2.65. The van der Waals surface area contributed by atoms with Crippen LogP contribution in [-0.2, 0) is 4.79 Å². The molecule has 1 fully saturated rings. The molecule has 0 amide bonds. The van der Waals surface area contributed by atoms with E-state index in [1.54, 1.807) is 0 Å². The van der Waals surface area contributed by atoms with Gasteiger partial charge in [-0.25, -0.2) is 4.39 Å². The standard InChI is InChI=1S/C12H11FO2/c13-10-4-1-8(2-5-10)12(15)9-3-6-11(14)7-9/h1-2,4-5,9H,3,6-7H2. The van der Waals surface area contributed by atoms with Crippen LogP contribution in [0.15, 0.2) is 24.3 Å². The zero-order chi connectivity index (χ0) is 10.8. The number of carbonyl (C=O) groups is 2. The molecule has 0 saturated heterocycles. The summed E-state index contributed by atoms with van der Waals surface area (Å²) >= 11 is 0. The minimum atomic E-state index is -0.353. The lowest BCUT2D eigenvalue weighted by molar-refractivity contribution is -0.117. The molecule has 1 aromatic carbocycles. The van der Waals surface area contributed by atoms with Crippen molar-refractivity contribution in [2.24, 2.45) is 5.92 Å². The Morgan fingerprint density at radius 2 is 1.93 bits per heavy atom. The Balaban J connectivity index is 2.14. The Morgan fingerprint density at radius 3 is 2.47 bits per heavy atom. The smallest absolute Gasteiger partial charge is 0.166 e. The van der Waals surface area contributed by atoms with E-state index >= 15 is 0 Å². The van der Waals surface area contributed by atoms with Gasteiger partial charge in [-0.05, 0) is 30.7 Å². The summed E-state index contributed by atoms with van der Waals surface area (Å²) in [5, 5.41) is 0. The molecule has 2 nitrogen and oxygen atoms in total. The minimum Gasteiger partial charge on any atom is -0.300 e. The van der Waals surface area contributed by atoms with Crippen molar-refractivity contribution in [1.29, 1.82) is 0 Å². The molecule has 0 spiro atoms. The molecular formula is C12H11FO2. The van der Waals surface area contributed by atoms with E-state index in [9.17, 15) is 14.0 Å². The van der Waals surface area contributed by atoms with E-state index in [-0.39, 0.29) is 23.3 Å². The highest BCUT2D eigenvalue weighted by Gasteiger charge is 2.28. The number of benzene rings is 1.